The van der Waals surface area contributed by atoms with Crippen molar-refractivity contribution in [2.75, 3.05) is 36.0 Å². The number of nitrogens with zero attached hydrogens (tertiary/aromatic N) is 9. The van der Waals surface area contributed by atoms with E-state index in [2.05, 4.69) is 48.2 Å². The summed E-state index contributed by atoms with van der Waals surface area (Å²) in [5.41, 5.74) is 3.42. The maximum Gasteiger partial charge on any atom is 0.254 e. The van der Waals surface area contributed by atoms with Crippen LogP contribution < -0.4 is 9.80 Å². The normalized spacial score (nSPS) is 14.9. The van der Waals surface area contributed by atoms with Gasteiger partial charge in [0.25, 0.3) is 5.78 Å². The van der Waals surface area contributed by atoms with Crippen molar-refractivity contribution < 1.29 is 0 Å². The second kappa shape index (κ2) is 6.78. The zero-order valence-electron chi connectivity index (χ0n) is 17.2. The Hall–Kier alpha value is -3.46. The van der Waals surface area contributed by atoms with Crippen LogP contribution >= 0.6 is 11.6 Å². The maximum atomic E-state index is 6.52. The van der Waals surface area contributed by atoms with E-state index in [0.29, 0.717) is 16.4 Å². The number of aromatic nitrogens is 7. The molecular weight excluding hydrogens is 414 g/mol. The van der Waals surface area contributed by atoms with Crippen LogP contribution in [0.3, 0.4) is 0 Å². The Labute approximate surface area is 182 Å². The monoisotopic (exact) mass is 433 g/mol. The van der Waals surface area contributed by atoms with Crippen LogP contribution in [0.25, 0.3) is 22.3 Å². The van der Waals surface area contributed by atoms with Crippen molar-refractivity contribution in [1.82, 2.24) is 34.2 Å². The van der Waals surface area contributed by atoms with Crippen LogP contribution in [0.2, 0.25) is 5.02 Å². The summed E-state index contributed by atoms with van der Waals surface area (Å²) in [6.07, 6.45) is 1.55. The van der Waals surface area contributed by atoms with Crippen molar-refractivity contribution in [1.29, 1.82) is 0 Å². The molecule has 5 heterocycles. The number of hydrogen-bond acceptors (Lipinski definition) is 7. The molecule has 0 unspecified atom stereocenters. The Morgan fingerprint density at radius 2 is 1.71 bits per heavy atom. The second-order valence-electron chi connectivity index (χ2n) is 7.79. The SMILES string of the molecule is Cc1cc(N2CCN(c3nc4c(Cl)c(C)nn4c4ccccc34)CC2)n2ncnc2n1. The molecule has 6 rings (SSSR count). The molecule has 0 saturated carbocycles. The Balaban J connectivity index is 1.38. The van der Waals surface area contributed by atoms with Crippen LogP contribution in [0.4, 0.5) is 11.6 Å². The molecular formula is C21H20ClN9. The van der Waals surface area contributed by atoms with Gasteiger partial charge in [-0.2, -0.15) is 19.7 Å². The minimum atomic E-state index is 0.603. The molecule has 0 radical (unpaired) electrons. The topological polar surface area (TPSA) is 79.8 Å². The number of rotatable bonds is 2. The minimum Gasteiger partial charge on any atom is -0.353 e. The molecule has 10 heteroatoms. The highest BCUT2D eigenvalue weighted by molar-refractivity contribution is 6.34. The lowest BCUT2D eigenvalue weighted by atomic mass is 10.2. The van der Waals surface area contributed by atoms with Crippen LogP contribution in [0.1, 0.15) is 11.4 Å². The Morgan fingerprint density at radius 3 is 2.55 bits per heavy atom. The van der Waals surface area contributed by atoms with Crippen LogP contribution in [-0.4, -0.2) is 60.4 Å². The molecule has 31 heavy (non-hydrogen) atoms. The van der Waals surface area contributed by atoms with Crippen LogP contribution in [0, 0.1) is 13.8 Å². The molecule has 1 aliphatic heterocycles. The molecule has 0 amide bonds. The number of anilines is 2. The zero-order valence-corrected chi connectivity index (χ0v) is 18.0. The Bertz CT molecular complexity index is 1450. The van der Waals surface area contributed by atoms with E-state index in [0.717, 1.165) is 60.1 Å². The van der Waals surface area contributed by atoms with Gasteiger partial charge < -0.3 is 9.80 Å². The van der Waals surface area contributed by atoms with Crippen molar-refractivity contribution >= 4 is 45.6 Å². The first-order chi connectivity index (χ1) is 15.1. The van der Waals surface area contributed by atoms with E-state index >= 15 is 0 Å². The van der Waals surface area contributed by atoms with Gasteiger partial charge in [-0.3, -0.25) is 0 Å². The highest BCUT2D eigenvalue weighted by atomic mass is 35.5. The lowest BCUT2D eigenvalue weighted by molar-refractivity contribution is 0.634. The summed E-state index contributed by atoms with van der Waals surface area (Å²) in [6, 6.07) is 10.3. The summed E-state index contributed by atoms with van der Waals surface area (Å²) in [5, 5.41) is 10.6. The number of fused-ring (bicyclic) bond motifs is 4. The molecule has 1 aromatic carbocycles. The molecule has 0 spiro atoms. The van der Waals surface area contributed by atoms with Crippen LogP contribution in [-0.2, 0) is 0 Å². The number of halogens is 1. The molecule has 0 aliphatic carbocycles. The lowest BCUT2D eigenvalue weighted by Crippen LogP contribution is -2.47. The fraction of sp³-hybridized carbons (Fsp3) is 0.286. The molecule has 1 saturated heterocycles. The summed E-state index contributed by atoms with van der Waals surface area (Å²) in [7, 11) is 0. The van der Waals surface area contributed by atoms with E-state index in [4.69, 9.17) is 16.6 Å². The maximum absolute atomic E-state index is 6.52. The van der Waals surface area contributed by atoms with E-state index in [1.54, 1.807) is 10.8 Å². The first kappa shape index (κ1) is 18.3. The summed E-state index contributed by atoms with van der Waals surface area (Å²) in [4.78, 5) is 18.3. The summed E-state index contributed by atoms with van der Waals surface area (Å²) in [5.74, 6) is 2.59. The number of benzene rings is 1. The molecule has 156 valence electrons. The molecule has 0 atom stereocenters. The first-order valence-corrected chi connectivity index (χ1v) is 10.6. The van der Waals surface area contributed by atoms with Gasteiger partial charge in [-0.05, 0) is 26.0 Å². The van der Waals surface area contributed by atoms with Gasteiger partial charge in [-0.1, -0.05) is 23.7 Å². The van der Waals surface area contributed by atoms with Gasteiger partial charge in [0, 0.05) is 43.3 Å². The van der Waals surface area contributed by atoms with Gasteiger partial charge >= 0.3 is 0 Å². The lowest BCUT2D eigenvalue weighted by Gasteiger charge is -2.37. The smallest absolute Gasteiger partial charge is 0.254 e. The third-order valence-corrected chi connectivity index (χ3v) is 6.26. The molecule has 0 N–H and O–H groups in total. The quantitative estimate of drug-likeness (QED) is 0.423. The molecule has 1 aliphatic rings. The van der Waals surface area contributed by atoms with E-state index < -0.39 is 0 Å². The van der Waals surface area contributed by atoms with E-state index in [1.807, 2.05) is 30.5 Å². The molecule has 1 fully saturated rings. The van der Waals surface area contributed by atoms with Gasteiger partial charge in [0.2, 0.25) is 0 Å². The third kappa shape index (κ3) is 2.80. The van der Waals surface area contributed by atoms with Gasteiger partial charge in [-0.25, -0.2) is 14.5 Å². The largest absolute Gasteiger partial charge is 0.353 e. The van der Waals surface area contributed by atoms with Crippen LogP contribution in [0.5, 0.6) is 0 Å². The number of hydrogen-bond donors (Lipinski definition) is 0. The number of piperazine rings is 1. The van der Waals surface area contributed by atoms with Crippen molar-refractivity contribution in [3.05, 3.63) is 53.1 Å². The summed E-state index contributed by atoms with van der Waals surface area (Å²) >= 11 is 6.52. The first-order valence-electron chi connectivity index (χ1n) is 10.2. The Kier molecular flexibility index (Phi) is 4.01. The van der Waals surface area contributed by atoms with Gasteiger partial charge in [0.05, 0.1) is 11.2 Å². The summed E-state index contributed by atoms with van der Waals surface area (Å²) < 4.78 is 3.64. The average Bonchev–Trinajstić information content (AvgIpc) is 3.37. The Morgan fingerprint density at radius 1 is 0.935 bits per heavy atom. The standard InChI is InChI=1S/C21H20ClN9/c1-13-11-17(31-21(25-13)23-12-24-31)28-7-9-29(10-8-28)19-15-5-3-4-6-16(15)30-20(26-19)18(22)14(2)27-30/h3-6,11-12H,7-10H2,1-2H3. The highest BCUT2D eigenvalue weighted by Gasteiger charge is 2.24. The summed E-state index contributed by atoms with van der Waals surface area (Å²) in [6.45, 7) is 7.23. The predicted molar refractivity (Wildman–Crippen MR) is 120 cm³/mol. The van der Waals surface area contributed by atoms with Crippen molar-refractivity contribution in [3.63, 3.8) is 0 Å². The number of para-hydroxylation sites is 1. The second-order valence-corrected chi connectivity index (χ2v) is 8.17. The fourth-order valence-electron chi connectivity index (χ4n) is 4.29. The van der Waals surface area contributed by atoms with E-state index in [-0.39, 0.29) is 0 Å². The average molecular weight is 434 g/mol. The molecule has 5 aromatic rings. The van der Waals surface area contributed by atoms with Crippen molar-refractivity contribution in [3.8, 4) is 0 Å². The van der Waals surface area contributed by atoms with Gasteiger partial charge in [0.15, 0.2) is 5.65 Å². The third-order valence-electron chi connectivity index (χ3n) is 5.81. The van der Waals surface area contributed by atoms with Gasteiger partial charge in [0.1, 0.15) is 23.0 Å². The fourth-order valence-corrected chi connectivity index (χ4v) is 4.45. The van der Waals surface area contributed by atoms with E-state index in [1.165, 1.54) is 0 Å². The van der Waals surface area contributed by atoms with E-state index in [9.17, 15) is 0 Å². The van der Waals surface area contributed by atoms with Crippen molar-refractivity contribution in [2.24, 2.45) is 0 Å². The molecule has 9 nitrogen and oxygen atoms in total. The highest BCUT2D eigenvalue weighted by Crippen LogP contribution is 2.31. The predicted octanol–water partition coefficient (Wildman–Crippen LogP) is 2.92. The zero-order chi connectivity index (χ0) is 21.1. The molecule has 0 bridgehead atoms. The van der Waals surface area contributed by atoms with Crippen molar-refractivity contribution in [2.45, 2.75) is 13.8 Å². The van der Waals surface area contributed by atoms with Gasteiger partial charge in [-0.15, -0.1) is 0 Å². The number of aryl methyl sites for hydroxylation is 2. The minimum absolute atomic E-state index is 0.603. The van der Waals surface area contributed by atoms with Crippen LogP contribution in [0.15, 0.2) is 36.7 Å². The molecule has 4 aromatic heterocycles.